The lowest BCUT2D eigenvalue weighted by Crippen LogP contribution is -1.99. The number of rotatable bonds is 4. The lowest BCUT2D eigenvalue weighted by molar-refractivity contribution is 0.0690. The molecule has 0 spiro atoms. The molecule has 0 aliphatic heterocycles. The Labute approximate surface area is 85.5 Å². The zero-order valence-corrected chi connectivity index (χ0v) is 7.74. The molecule has 1 aromatic heterocycles. The van der Waals surface area contributed by atoms with E-state index in [4.69, 9.17) is 10.6 Å². The van der Waals surface area contributed by atoms with Crippen molar-refractivity contribution < 1.29 is 9.90 Å². The first kappa shape index (κ1) is 10.7. The SMILES string of the molecule is [N-]=[N+]=NCC=Cc1ccnc(C(=O)O)c1. The molecule has 1 heterocycles. The second-order valence-corrected chi connectivity index (χ2v) is 2.60. The summed E-state index contributed by atoms with van der Waals surface area (Å²) in [5, 5.41) is 12.0. The Balaban J connectivity index is 2.77. The third-order valence-corrected chi connectivity index (χ3v) is 1.56. The Morgan fingerprint density at radius 2 is 2.53 bits per heavy atom. The van der Waals surface area contributed by atoms with Crippen LogP contribution >= 0.6 is 0 Å². The van der Waals surface area contributed by atoms with Crippen LogP contribution in [0.1, 0.15) is 16.1 Å². The van der Waals surface area contributed by atoms with Crippen LogP contribution in [0.3, 0.4) is 0 Å². The van der Waals surface area contributed by atoms with E-state index >= 15 is 0 Å². The van der Waals surface area contributed by atoms with Crippen molar-refractivity contribution in [2.24, 2.45) is 5.11 Å². The Kier molecular flexibility index (Phi) is 3.88. The quantitative estimate of drug-likeness (QED) is 0.461. The fourth-order valence-electron chi connectivity index (χ4n) is 0.940. The van der Waals surface area contributed by atoms with Gasteiger partial charge in [-0.2, -0.15) is 0 Å². The zero-order valence-electron chi connectivity index (χ0n) is 7.74. The second kappa shape index (κ2) is 5.41. The third kappa shape index (κ3) is 3.50. The van der Waals surface area contributed by atoms with E-state index in [1.807, 2.05) is 0 Å². The smallest absolute Gasteiger partial charge is 0.354 e. The van der Waals surface area contributed by atoms with E-state index in [1.165, 1.54) is 12.3 Å². The van der Waals surface area contributed by atoms with Crippen LogP contribution in [0.4, 0.5) is 0 Å². The first-order chi connectivity index (χ1) is 7.24. The summed E-state index contributed by atoms with van der Waals surface area (Å²) in [4.78, 5) is 16.8. The van der Waals surface area contributed by atoms with Crippen LogP contribution in [0, 0.1) is 0 Å². The standard InChI is InChI=1S/C9H8N4O2/c10-13-12-4-1-2-7-3-5-11-8(6-7)9(14)15/h1-3,5-6H,4H2,(H,14,15). The van der Waals surface area contributed by atoms with Crippen LogP contribution in [0.2, 0.25) is 0 Å². The van der Waals surface area contributed by atoms with Gasteiger partial charge in [-0.1, -0.05) is 17.3 Å². The maximum Gasteiger partial charge on any atom is 0.354 e. The largest absolute Gasteiger partial charge is 0.477 e. The molecule has 0 saturated carbocycles. The summed E-state index contributed by atoms with van der Waals surface area (Å²) >= 11 is 0. The molecule has 0 saturated heterocycles. The van der Waals surface area contributed by atoms with Gasteiger partial charge in [0.2, 0.25) is 0 Å². The van der Waals surface area contributed by atoms with E-state index < -0.39 is 5.97 Å². The van der Waals surface area contributed by atoms with Gasteiger partial charge in [0.1, 0.15) is 5.69 Å². The minimum absolute atomic E-state index is 0.0130. The number of carbonyl (C=O) groups is 1. The summed E-state index contributed by atoms with van der Waals surface area (Å²) in [5.41, 5.74) is 8.71. The van der Waals surface area contributed by atoms with Crippen molar-refractivity contribution in [1.29, 1.82) is 0 Å². The number of aromatic carboxylic acids is 1. The number of aromatic nitrogens is 1. The highest BCUT2D eigenvalue weighted by atomic mass is 16.4. The van der Waals surface area contributed by atoms with E-state index in [0.29, 0.717) is 5.56 Å². The van der Waals surface area contributed by atoms with Crippen LogP contribution < -0.4 is 0 Å². The minimum Gasteiger partial charge on any atom is -0.477 e. The Morgan fingerprint density at radius 1 is 1.73 bits per heavy atom. The van der Waals surface area contributed by atoms with Crippen molar-refractivity contribution in [3.63, 3.8) is 0 Å². The van der Waals surface area contributed by atoms with Crippen molar-refractivity contribution in [3.05, 3.63) is 46.1 Å². The van der Waals surface area contributed by atoms with Crippen molar-refractivity contribution in [2.75, 3.05) is 6.54 Å². The zero-order chi connectivity index (χ0) is 11.1. The molecule has 0 radical (unpaired) electrons. The average molecular weight is 204 g/mol. The average Bonchev–Trinajstić information content (AvgIpc) is 2.25. The monoisotopic (exact) mass is 204 g/mol. The van der Waals surface area contributed by atoms with Gasteiger partial charge in [-0.15, -0.1) is 0 Å². The van der Waals surface area contributed by atoms with Crippen molar-refractivity contribution >= 4 is 12.0 Å². The maximum absolute atomic E-state index is 10.6. The summed E-state index contributed by atoms with van der Waals surface area (Å²) in [6.07, 6.45) is 4.72. The molecule has 6 nitrogen and oxygen atoms in total. The van der Waals surface area contributed by atoms with Crippen LogP contribution in [0.15, 0.2) is 29.5 Å². The van der Waals surface area contributed by atoms with Crippen LogP contribution in [-0.2, 0) is 0 Å². The molecule has 6 heteroatoms. The van der Waals surface area contributed by atoms with Crippen molar-refractivity contribution in [1.82, 2.24) is 4.98 Å². The minimum atomic E-state index is -1.07. The molecule has 0 bridgehead atoms. The summed E-state index contributed by atoms with van der Waals surface area (Å²) in [6, 6.07) is 3.11. The van der Waals surface area contributed by atoms with E-state index in [0.717, 1.165) is 0 Å². The van der Waals surface area contributed by atoms with Gasteiger partial charge in [0, 0.05) is 17.7 Å². The number of carboxylic acids is 1. The highest BCUT2D eigenvalue weighted by Crippen LogP contribution is 2.04. The van der Waals surface area contributed by atoms with Gasteiger partial charge in [-0.3, -0.25) is 0 Å². The number of hydrogen-bond acceptors (Lipinski definition) is 3. The molecule has 0 aliphatic rings. The van der Waals surface area contributed by atoms with Crippen molar-refractivity contribution in [3.8, 4) is 0 Å². The van der Waals surface area contributed by atoms with Gasteiger partial charge >= 0.3 is 5.97 Å². The van der Waals surface area contributed by atoms with E-state index in [-0.39, 0.29) is 12.2 Å². The lowest BCUT2D eigenvalue weighted by atomic mass is 10.2. The number of pyridine rings is 1. The topological polar surface area (TPSA) is 99.0 Å². The summed E-state index contributed by atoms with van der Waals surface area (Å²) < 4.78 is 0. The normalized spacial score (nSPS) is 9.87. The summed E-state index contributed by atoms with van der Waals surface area (Å²) in [5.74, 6) is -1.07. The number of hydrogen-bond donors (Lipinski definition) is 1. The predicted octanol–water partition coefficient (Wildman–Crippen LogP) is 2.10. The maximum atomic E-state index is 10.6. The molecular weight excluding hydrogens is 196 g/mol. The molecule has 0 amide bonds. The number of azide groups is 1. The van der Waals surface area contributed by atoms with Crippen LogP contribution in [-0.4, -0.2) is 22.6 Å². The molecule has 0 unspecified atom stereocenters. The van der Waals surface area contributed by atoms with Crippen LogP contribution in [0.25, 0.3) is 16.5 Å². The van der Waals surface area contributed by atoms with Gasteiger partial charge in [0.15, 0.2) is 0 Å². The molecular formula is C9H8N4O2. The Morgan fingerprint density at radius 3 is 3.20 bits per heavy atom. The van der Waals surface area contributed by atoms with Gasteiger partial charge in [-0.25, -0.2) is 9.78 Å². The highest BCUT2D eigenvalue weighted by molar-refractivity contribution is 5.85. The van der Waals surface area contributed by atoms with Crippen LogP contribution in [0.5, 0.6) is 0 Å². The highest BCUT2D eigenvalue weighted by Gasteiger charge is 2.02. The van der Waals surface area contributed by atoms with Gasteiger partial charge < -0.3 is 5.11 Å². The van der Waals surface area contributed by atoms with Gasteiger partial charge in [0.25, 0.3) is 0 Å². The molecule has 0 aromatic carbocycles. The van der Waals surface area contributed by atoms with E-state index in [2.05, 4.69) is 15.0 Å². The summed E-state index contributed by atoms with van der Waals surface area (Å²) in [6.45, 7) is 0.237. The molecule has 76 valence electrons. The predicted molar refractivity (Wildman–Crippen MR) is 54.2 cm³/mol. The third-order valence-electron chi connectivity index (χ3n) is 1.56. The van der Waals surface area contributed by atoms with E-state index in [1.54, 1.807) is 18.2 Å². The lowest BCUT2D eigenvalue weighted by Gasteiger charge is -1.95. The van der Waals surface area contributed by atoms with Gasteiger partial charge in [0.05, 0.1) is 0 Å². The Hall–Kier alpha value is -2.33. The molecule has 1 aromatic rings. The van der Waals surface area contributed by atoms with Gasteiger partial charge in [-0.05, 0) is 23.2 Å². The molecule has 15 heavy (non-hydrogen) atoms. The van der Waals surface area contributed by atoms with Crippen molar-refractivity contribution in [2.45, 2.75) is 0 Å². The summed E-state index contributed by atoms with van der Waals surface area (Å²) in [7, 11) is 0. The fourth-order valence-corrected chi connectivity index (χ4v) is 0.940. The first-order valence-electron chi connectivity index (χ1n) is 4.11. The molecule has 1 rings (SSSR count). The molecule has 0 atom stereocenters. The molecule has 0 fully saturated rings. The molecule has 0 aliphatic carbocycles. The fraction of sp³-hybridized carbons (Fsp3) is 0.111. The number of nitrogens with zero attached hydrogens (tertiary/aromatic N) is 4. The molecule has 1 N–H and O–H groups in total. The first-order valence-corrected chi connectivity index (χ1v) is 4.11. The van der Waals surface area contributed by atoms with E-state index in [9.17, 15) is 4.79 Å². The Bertz CT molecular complexity index is 435. The number of carboxylic acid groups (broad SMARTS) is 1. The second-order valence-electron chi connectivity index (χ2n) is 2.60.